The summed E-state index contributed by atoms with van der Waals surface area (Å²) in [6.07, 6.45) is 7.35. The molecule has 3 atom stereocenters. The van der Waals surface area contributed by atoms with Gasteiger partial charge in [-0.1, -0.05) is 101 Å². The quantitative estimate of drug-likeness (QED) is 0.208. The molecule has 0 amide bonds. The molecular weight excluding hydrogens is 480 g/mol. The topological polar surface area (TPSA) is 65.0 Å². The Morgan fingerprint density at radius 2 is 1.57 bits per heavy atom. The van der Waals surface area contributed by atoms with E-state index >= 15 is 0 Å². The summed E-state index contributed by atoms with van der Waals surface area (Å²) in [5, 5.41) is 11.6. The summed E-state index contributed by atoms with van der Waals surface area (Å²) in [6, 6.07) is 21.6. The third-order valence-corrected chi connectivity index (χ3v) is 12.2. The van der Waals surface area contributed by atoms with Gasteiger partial charge in [-0.15, -0.1) is 0 Å². The fourth-order valence-corrected chi connectivity index (χ4v) is 10.2. The Balaban J connectivity index is 1.62. The van der Waals surface area contributed by atoms with E-state index in [4.69, 9.17) is 19.0 Å². The molecular formula is C31H44O5Si. The smallest absolute Gasteiger partial charge is 0.328 e. The van der Waals surface area contributed by atoms with Crippen molar-refractivity contribution in [2.45, 2.75) is 103 Å². The summed E-state index contributed by atoms with van der Waals surface area (Å²) >= 11 is 0. The number of ether oxygens (including phenoxy) is 2. The zero-order chi connectivity index (χ0) is 27.1. The first-order valence-corrected chi connectivity index (χ1v) is 15.4. The molecule has 202 valence electrons. The molecule has 0 unspecified atom stereocenters. The number of carboxylic acid groups (broad SMARTS) is 1. The molecule has 0 bridgehead atoms. The molecule has 5 nitrogen and oxygen atoms in total. The van der Waals surface area contributed by atoms with Crippen LogP contribution in [-0.2, 0) is 18.7 Å². The largest absolute Gasteiger partial charge is 0.478 e. The van der Waals surface area contributed by atoms with Gasteiger partial charge in [0.25, 0.3) is 8.32 Å². The number of hydrogen-bond donors (Lipinski definition) is 1. The lowest BCUT2D eigenvalue weighted by atomic mass is 10.0. The zero-order valence-corrected chi connectivity index (χ0v) is 24.3. The molecule has 0 aliphatic carbocycles. The second-order valence-electron chi connectivity index (χ2n) is 11.6. The van der Waals surface area contributed by atoms with Gasteiger partial charge in [0.05, 0.1) is 6.10 Å². The van der Waals surface area contributed by atoms with Crippen molar-refractivity contribution in [2.75, 3.05) is 0 Å². The van der Waals surface area contributed by atoms with Gasteiger partial charge in [0.15, 0.2) is 5.79 Å². The van der Waals surface area contributed by atoms with Crippen molar-refractivity contribution in [3.63, 3.8) is 0 Å². The minimum absolute atomic E-state index is 0.0327. The van der Waals surface area contributed by atoms with Gasteiger partial charge in [-0.25, -0.2) is 4.79 Å². The average Bonchev–Trinajstić information content (AvgIpc) is 3.14. The van der Waals surface area contributed by atoms with Crippen LogP contribution in [0.2, 0.25) is 5.04 Å². The molecule has 0 radical (unpaired) electrons. The van der Waals surface area contributed by atoms with Crippen molar-refractivity contribution in [3.8, 4) is 0 Å². The third-order valence-electron chi connectivity index (χ3n) is 7.04. The maximum Gasteiger partial charge on any atom is 0.328 e. The van der Waals surface area contributed by atoms with Gasteiger partial charge in [-0.05, 0) is 55.1 Å². The first-order chi connectivity index (χ1) is 17.4. The van der Waals surface area contributed by atoms with Gasteiger partial charge in [0.2, 0.25) is 0 Å². The summed E-state index contributed by atoms with van der Waals surface area (Å²) < 4.78 is 19.1. The SMILES string of the molecule is C[C@H](CCCCC[C@@H]1OC(C)(C)O[C@H]1/C=C\C(=O)O)O[Si](c1ccccc1)(c1ccccc1)C(C)(C)C. The number of hydrogen-bond acceptors (Lipinski definition) is 4. The van der Waals surface area contributed by atoms with Crippen molar-refractivity contribution in [3.05, 3.63) is 72.8 Å². The van der Waals surface area contributed by atoms with E-state index in [2.05, 4.69) is 88.4 Å². The van der Waals surface area contributed by atoms with Crippen LogP contribution in [0.1, 0.15) is 73.6 Å². The highest BCUT2D eigenvalue weighted by Gasteiger charge is 2.50. The van der Waals surface area contributed by atoms with Gasteiger partial charge in [0.1, 0.15) is 6.10 Å². The maximum atomic E-state index is 10.9. The van der Waals surface area contributed by atoms with E-state index in [0.29, 0.717) is 0 Å². The van der Waals surface area contributed by atoms with Gasteiger partial charge in [-0.2, -0.15) is 0 Å². The molecule has 1 N–H and O–H groups in total. The van der Waals surface area contributed by atoms with Crippen molar-refractivity contribution in [2.24, 2.45) is 0 Å². The van der Waals surface area contributed by atoms with E-state index in [1.165, 1.54) is 10.4 Å². The first kappa shape index (κ1) is 29.3. The Morgan fingerprint density at radius 1 is 1.00 bits per heavy atom. The van der Waals surface area contributed by atoms with Crippen LogP contribution in [0.5, 0.6) is 0 Å². The normalized spacial score (nSPS) is 20.8. The summed E-state index contributed by atoms with van der Waals surface area (Å²) in [4.78, 5) is 10.9. The van der Waals surface area contributed by atoms with Crippen LogP contribution in [-0.4, -0.2) is 43.5 Å². The van der Waals surface area contributed by atoms with Crippen LogP contribution in [0.3, 0.4) is 0 Å². The summed E-state index contributed by atoms with van der Waals surface area (Å²) in [5.74, 6) is -1.67. The molecule has 0 spiro atoms. The molecule has 1 aliphatic heterocycles. The number of carboxylic acids is 1. The Hall–Kier alpha value is -2.25. The lowest BCUT2D eigenvalue weighted by Crippen LogP contribution is -2.67. The van der Waals surface area contributed by atoms with E-state index < -0.39 is 20.1 Å². The molecule has 2 aromatic rings. The molecule has 2 aromatic carbocycles. The molecule has 1 fully saturated rings. The molecule has 6 heteroatoms. The van der Waals surface area contributed by atoms with E-state index in [-0.39, 0.29) is 23.4 Å². The summed E-state index contributed by atoms with van der Waals surface area (Å²) in [5.41, 5.74) is 0. The fourth-order valence-electron chi connectivity index (χ4n) is 5.43. The predicted octanol–water partition coefficient (Wildman–Crippen LogP) is 6.06. The lowest BCUT2D eigenvalue weighted by Gasteiger charge is -2.44. The highest BCUT2D eigenvalue weighted by Crippen LogP contribution is 2.38. The van der Waals surface area contributed by atoms with Crippen molar-refractivity contribution in [1.82, 2.24) is 0 Å². The number of unbranched alkanes of at least 4 members (excludes halogenated alkanes) is 2. The molecule has 0 aromatic heterocycles. The van der Waals surface area contributed by atoms with E-state index in [9.17, 15) is 4.79 Å². The van der Waals surface area contributed by atoms with Crippen molar-refractivity contribution in [1.29, 1.82) is 0 Å². The molecule has 3 rings (SSSR count). The van der Waals surface area contributed by atoms with E-state index in [1.54, 1.807) is 6.08 Å². The molecule has 1 heterocycles. The van der Waals surface area contributed by atoms with Crippen molar-refractivity contribution >= 4 is 24.7 Å². The minimum Gasteiger partial charge on any atom is -0.478 e. The number of benzene rings is 2. The number of rotatable bonds is 12. The fraction of sp³-hybridized carbons (Fsp3) is 0.516. The third kappa shape index (κ3) is 7.63. The van der Waals surface area contributed by atoms with Crippen LogP contribution < -0.4 is 10.4 Å². The minimum atomic E-state index is -2.54. The summed E-state index contributed by atoms with van der Waals surface area (Å²) in [6.45, 7) is 12.9. The zero-order valence-electron chi connectivity index (χ0n) is 23.3. The van der Waals surface area contributed by atoms with Crippen LogP contribution in [0, 0.1) is 0 Å². The molecule has 0 saturated carbocycles. The second kappa shape index (κ2) is 12.5. The van der Waals surface area contributed by atoms with Gasteiger partial charge >= 0.3 is 5.97 Å². The summed E-state index contributed by atoms with van der Waals surface area (Å²) in [7, 11) is -2.54. The van der Waals surface area contributed by atoms with Crippen LogP contribution in [0.25, 0.3) is 0 Å². The highest BCUT2D eigenvalue weighted by atomic mass is 28.4. The van der Waals surface area contributed by atoms with Gasteiger partial charge in [-0.3, -0.25) is 0 Å². The Morgan fingerprint density at radius 3 is 2.08 bits per heavy atom. The number of carbonyl (C=O) groups is 1. The van der Waals surface area contributed by atoms with Crippen LogP contribution in [0.15, 0.2) is 72.8 Å². The maximum absolute atomic E-state index is 10.9. The van der Waals surface area contributed by atoms with Gasteiger partial charge < -0.3 is 19.0 Å². The predicted molar refractivity (Wildman–Crippen MR) is 152 cm³/mol. The molecule has 1 aliphatic rings. The van der Waals surface area contributed by atoms with Gasteiger partial charge in [0, 0.05) is 12.2 Å². The molecule has 37 heavy (non-hydrogen) atoms. The van der Waals surface area contributed by atoms with Crippen LogP contribution >= 0.6 is 0 Å². The monoisotopic (exact) mass is 524 g/mol. The van der Waals surface area contributed by atoms with E-state index in [0.717, 1.165) is 38.2 Å². The second-order valence-corrected chi connectivity index (χ2v) is 15.8. The number of aliphatic carboxylic acids is 1. The van der Waals surface area contributed by atoms with E-state index in [1.807, 2.05) is 13.8 Å². The highest BCUT2D eigenvalue weighted by molar-refractivity contribution is 6.99. The Kier molecular flexibility index (Phi) is 9.92. The van der Waals surface area contributed by atoms with Crippen molar-refractivity contribution < 1.29 is 23.8 Å². The Labute approximate surface area is 224 Å². The van der Waals surface area contributed by atoms with Crippen LogP contribution in [0.4, 0.5) is 0 Å². The Bertz CT molecular complexity index is 973. The average molecular weight is 525 g/mol. The first-order valence-electron chi connectivity index (χ1n) is 13.5. The lowest BCUT2D eigenvalue weighted by molar-refractivity contribution is -0.143. The standard InChI is InChI=1S/C31H44O5Si/c1-24(16-10-7-15-21-27-28(22-23-29(32)33)35-31(5,6)34-27)36-37(30(2,3)4,25-17-11-8-12-18-25)26-19-13-9-14-20-26/h8-9,11-14,17-20,22-24,27-28H,7,10,15-16,21H2,1-6H3,(H,32,33)/b23-22-/t24-,27+,28+/m1/s1. The molecule has 1 saturated heterocycles.